The summed E-state index contributed by atoms with van der Waals surface area (Å²) in [6, 6.07) is 10.8. The van der Waals surface area contributed by atoms with Crippen molar-refractivity contribution in [2.75, 3.05) is 44.7 Å². The van der Waals surface area contributed by atoms with Gasteiger partial charge in [0.15, 0.2) is 5.75 Å². The summed E-state index contributed by atoms with van der Waals surface area (Å²) in [5.74, 6) is 0.690. The van der Waals surface area contributed by atoms with Gasteiger partial charge in [-0.15, -0.1) is 0 Å². The van der Waals surface area contributed by atoms with Gasteiger partial charge in [0.25, 0.3) is 0 Å². The average Bonchev–Trinajstić information content (AvgIpc) is 3.61. The summed E-state index contributed by atoms with van der Waals surface area (Å²) >= 11 is 0. The Hall–Kier alpha value is -2.66. The van der Waals surface area contributed by atoms with Crippen LogP contribution in [0.3, 0.4) is 0 Å². The number of halogens is 2. The number of epoxide rings is 1. The van der Waals surface area contributed by atoms with E-state index in [9.17, 15) is 5.11 Å². The molecule has 184 valence electrons. The van der Waals surface area contributed by atoms with Crippen molar-refractivity contribution in [3.05, 3.63) is 47.5 Å². The standard InChI is InChI=1S/C24H29F2N3O5/c1-13(30)15-7-6-8-18-20(15)34-24(25,26)23(32-5)29(18)12-19-27(2)17-10-9-14(31-4)11-16(17)21-22(33-21)28(19)3/h6-11,13,19,21-23,30H,12H2,1-5H3. The summed E-state index contributed by atoms with van der Waals surface area (Å²) in [4.78, 5) is 5.60. The predicted octanol–water partition coefficient (Wildman–Crippen LogP) is 3.32. The Balaban J connectivity index is 1.56. The second-order valence-electron chi connectivity index (χ2n) is 8.90. The quantitative estimate of drug-likeness (QED) is 0.658. The molecule has 0 aliphatic carbocycles. The van der Waals surface area contributed by atoms with Crippen LogP contribution in [-0.2, 0) is 9.47 Å². The van der Waals surface area contributed by atoms with Crippen molar-refractivity contribution in [3.8, 4) is 11.5 Å². The van der Waals surface area contributed by atoms with Crippen molar-refractivity contribution in [3.63, 3.8) is 0 Å². The highest BCUT2D eigenvalue weighted by Gasteiger charge is 2.55. The molecule has 34 heavy (non-hydrogen) atoms. The number of fused-ring (bicyclic) bond motifs is 4. The number of nitrogens with zero attached hydrogens (tertiary/aromatic N) is 3. The molecule has 5 unspecified atom stereocenters. The summed E-state index contributed by atoms with van der Waals surface area (Å²) < 4.78 is 52.0. The lowest BCUT2D eigenvalue weighted by molar-refractivity contribution is -0.252. The Morgan fingerprint density at radius 1 is 1.15 bits per heavy atom. The number of likely N-dealkylation sites (N-methyl/N-ethyl adjacent to an activating group) is 2. The molecule has 1 saturated heterocycles. The minimum absolute atomic E-state index is 0.0413. The summed E-state index contributed by atoms with van der Waals surface area (Å²) in [5.41, 5.74) is 2.66. The first-order chi connectivity index (χ1) is 16.2. The molecule has 8 nitrogen and oxygen atoms in total. The van der Waals surface area contributed by atoms with E-state index in [1.165, 1.54) is 18.9 Å². The Kier molecular flexibility index (Phi) is 5.59. The van der Waals surface area contributed by atoms with E-state index >= 15 is 8.78 Å². The zero-order chi connectivity index (χ0) is 24.4. The van der Waals surface area contributed by atoms with Gasteiger partial charge < -0.3 is 33.9 Å². The summed E-state index contributed by atoms with van der Waals surface area (Å²) in [5, 5.41) is 10.2. The fourth-order valence-electron chi connectivity index (χ4n) is 5.04. The molecule has 0 spiro atoms. The van der Waals surface area contributed by atoms with E-state index in [2.05, 4.69) is 4.90 Å². The van der Waals surface area contributed by atoms with E-state index in [1.54, 1.807) is 25.3 Å². The van der Waals surface area contributed by atoms with Crippen LogP contribution in [0.2, 0.25) is 0 Å². The van der Waals surface area contributed by atoms with E-state index in [0.29, 0.717) is 11.3 Å². The highest BCUT2D eigenvalue weighted by atomic mass is 19.3. The number of hydrogen-bond acceptors (Lipinski definition) is 8. The molecule has 10 heteroatoms. The maximum absolute atomic E-state index is 15.1. The van der Waals surface area contributed by atoms with Gasteiger partial charge in [-0.2, -0.15) is 8.78 Å². The van der Waals surface area contributed by atoms with Crippen LogP contribution in [0.1, 0.15) is 30.3 Å². The molecule has 3 aliphatic rings. The number of methoxy groups -OCH3 is 2. The average molecular weight is 478 g/mol. The van der Waals surface area contributed by atoms with Crippen molar-refractivity contribution in [2.45, 2.75) is 43.9 Å². The van der Waals surface area contributed by atoms with Gasteiger partial charge in [0.2, 0.25) is 6.23 Å². The molecule has 5 rings (SSSR count). The molecule has 1 fully saturated rings. The van der Waals surface area contributed by atoms with Crippen molar-refractivity contribution in [2.24, 2.45) is 0 Å². The van der Waals surface area contributed by atoms with Crippen LogP contribution in [-0.4, -0.2) is 69.6 Å². The number of hydrogen-bond donors (Lipinski definition) is 1. The molecule has 0 aromatic heterocycles. The Bertz CT molecular complexity index is 1080. The first-order valence-corrected chi connectivity index (χ1v) is 11.1. The van der Waals surface area contributed by atoms with E-state index in [1.807, 2.05) is 37.2 Å². The van der Waals surface area contributed by atoms with Crippen LogP contribution in [0.5, 0.6) is 11.5 Å². The van der Waals surface area contributed by atoms with Crippen molar-refractivity contribution in [1.29, 1.82) is 0 Å². The molecule has 0 radical (unpaired) electrons. The zero-order valence-corrected chi connectivity index (χ0v) is 19.7. The van der Waals surface area contributed by atoms with Gasteiger partial charge in [-0.1, -0.05) is 12.1 Å². The lowest BCUT2D eigenvalue weighted by Gasteiger charge is -2.46. The third-order valence-electron chi connectivity index (χ3n) is 6.88. The van der Waals surface area contributed by atoms with E-state index in [4.69, 9.17) is 18.9 Å². The molecule has 0 saturated carbocycles. The lowest BCUT2D eigenvalue weighted by Crippen LogP contribution is -2.61. The molecule has 0 bridgehead atoms. The number of para-hydroxylation sites is 1. The Morgan fingerprint density at radius 2 is 1.91 bits per heavy atom. The van der Waals surface area contributed by atoms with Crippen molar-refractivity contribution in [1.82, 2.24) is 4.90 Å². The molecule has 1 N–H and O–H groups in total. The highest BCUT2D eigenvalue weighted by Crippen LogP contribution is 2.50. The summed E-state index contributed by atoms with van der Waals surface area (Å²) in [6.45, 7) is 1.69. The zero-order valence-electron chi connectivity index (χ0n) is 19.7. The SMILES string of the molecule is COc1ccc2c(c1)C1OC1N(C)C(CN1c3cccc(C(C)O)c3OC(F)(F)C1OC)N2C. The first-order valence-electron chi connectivity index (χ1n) is 11.1. The van der Waals surface area contributed by atoms with Crippen LogP contribution < -0.4 is 19.3 Å². The molecule has 3 aliphatic heterocycles. The molecule has 5 atom stereocenters. The normalized spacial score (nSPS) is 28.2. The number of benzene rings is 2. The van der Waals surface area contributed by atoms with E-state index in [-0.39, 0.29) is 30.8 Å². The Morgan fingerprint density at radius 3 is 2.59 bits per heavy atom. The number of ether oxygens (including phenoxy) is 4. The van der Waals surface area contributed by atoms with Crippen LogP contribution in [0.15, 0.2) is 36.4 Å². The van der Waals surface area contributed by atoms with Crippen LogP contribution >= 0.6 is 0 Å². The summed E-state index contributed by atoms with van der Waals surface area (Å²) in [6.07, 6.45) is -6.90. The minimum Gasteiger partial charge on any atom is -0.497 e. The van der Waals surface area contributed by atoms with Crippen molar-refractivity contribution < 1.29 is 32.8 Å². The third-order valence-corrected chi connectivity index (χ3v) is 6.88. The fraction of sp³-hybridized carbons (Fsp3) is 0.500. The van der Waals surface area contributed by atoms with Gasteiger partial charge >= 0.3 is 6.11 Å². The topological polar surface area (TPSA) is 70.2 Å². The largest absolute Gasteiger partial charge is 0.497 e. The smallest absolute Gasteiger partial charge is 0.444 e. The first kappa shape index (κ1) is 23.1. The second kappa shape index (κ2) is 8.23. The lowest BCUT2D eigenvalue weighted by atomic mass is 10.1. The van der Waals surface area contributed by atoms with Crippen LogP contribution in [0, 0.1) is 0 Å². The molecule has 0 amide bonds. The second-order valence-corrected chi connectivity index (χ2v) is 8.90. The molecular formula is C24H29F2N3O5. The fourth-order valence-corrected chi connectivity index (χ4v) is 5.04. The van der Waals surface area contributed by atoms with Gasteiger partial charge in [0, 0.05) is 31.0 Å². The molecule has 2 aromatic carbocycles. The predicted molar refractivity (Wildman–Crippen MR) is 121 cm³/mol. The monoisotopic (exact) mass is 477 g/mol. The van der Waals surface area contributed by atoms with Gasteiger partial charge in [-0.05, 0) is 38.2 Å². The highest BCUT2D eigenvalue weighted by molar-refractivity contribution is 5.66. The Labute approximate surface area is 197 Å². The maximum Gasteiger partial charge on any atom is 0.444 e. The van der Waals surface area contributed by atoms with Gasteiger partial charge in [-0.3, -0.25) is 4.90 Å². The van der Waals surface area contributed by atoms with Crippen molar-refractivity contribution >= 4 is 11.4 Å². The summed E-state index contributed by atoms with van der Waals surface area (Å²) in [7, 11) is 6.71. The number of aliphatic hydroxyl groups is 1. The molecule has 3 heterocycles. The maximum atomic E-state index is 15.1. The number of aliphatic hydroxyl groups excluding tert-OH is 1. The minimum atomic E-state index is -3.63. The van der Waals surface area contributed by atoms with Crippen LogP contribution in [0.4, 0.5) is 20.2 Å². The molecular weight excluding hydrogens is 448 g/mol. The number of rotatable bonds is 5. The van der Waals surface area contributed by atoms with E-state index in [0.717, 1.165) is 17.0 Å². The van der Waals surface area contributed by atoms with Crippen LogP contribution in [0.25, 0.3) is 0 Å². The van der Waals surface area contributed by atoms with Gasteiger partial charge in [0.1, 0.15) is 24.2 Å². The van der Waals surface area contributed by atoms with Gasteiger partial charge in [-0.25, -0.2) is 0 Å². The van der Waals surface area contributed by atoms with Gasteiger partial charge in [0.05, 0.1) is 25.4 Å². The van der Waals surface area contributed by atoms with E-state index < -0.39 is 18.4 Å². The molecule has 2 aromatic rings. The number of anilines is 2. The third kappa shape index (κ3) is 3.56. The number of alkyl halides is 2.